The molecular formula is C14H21N3OS. The molecule has 2 aliphatic heterocycles. The predicted molar refractivity (Wildman–Crippen MR) is 78.5 cm³/mol. The van der Waals surface area contributed by atoms with E-state index in [0.717, 1.165) is 55.6 Å². The molecule has 0 spiro atoms. The second-order valence-electron chi connectivity index (χ2n) is 5.17. The smallest absolute Gasteiger partial charge is 0.134 e. The Hall–Kier alpha value is -0.810. The molecule has 1 atom stereocenters. The third-order valence-corrected chi connectivity index (χ3v) is 4.57. The number of ether oxygens (including phenoxy) is 1. The third-order valence-electron chi connectivity index (χ3n) is 3.60. The Labute approximate surface area is 118 Å². The number of nitrogens with one attached hydrogen (secondary N) is 1. The Balaban J connectivity index is 1.79. The van der Waals surface area contributed by atoms with Crippen molar-refractivity contribution in [2.24, 2.45) is 0 Å². The van der Waals surface area contributed by atoms with Crippen molar-refractivity contribution in [3.63, 3.8) is 0 Å². The largest absolute Gasteiger partial charge is 0.378 e. The van der Waals surface area contributed by atoms with Crippen molar-refractivity contribution in [2.75, 3.05) is 18.5 Å². The summed E-state index contributed by atoms with van der Waals surface area (Å²) in [5.41, 5.74) is 2.54. The summed E-state index contributed by atoms with van der Waals surface area (Å²) in [6.45, 7) is 4.05. The molecule has 2 aliphatic rings. The van der Waals surface area contributed by atoms with Crippen LogP contribution in [0.25, 0.3) is 0 Å². The summed E-state index contributed by atoms with van der Waals surface area (Å²) in [6, 6.07) is 0. The van der Waals surface area contributed by atoms with E-state index < -0.39 is 0 Å². The van der Waals surface area contributed by atoms with Crippen molar-refractivity contribution < 1.29 is 4.74 Å². The van der Waals surface area contributed by atoms with E-state index in [1.165, 1.54) is 17.7 Å². The topological polar surface area (TPSA) is 47.0 Å². The van der Waals surface area contributed by atoms with Gasteiger partial charge in [0.15, 0.2) is 0 Å². The summed E-state index contributed by atoms with van der Waals surface area (Å²) in [4.78, 5) is 9.46. The third kappa shape index (κ3) is 3.03. The van der Waals surface area contributed by atoms with Gasteiger partial charge in [-0.05, 0) is 19.3 Å². The highest BCUT2D eigenvalue weighted by atomic mass is 32.2. The van der Waals surface area contributed by atoms with Crippen LogP contribution in [0.15, 0.2) is 0 Å². The molecule has 1 fully saturated rings. The summed E-state index contributed by atoms with van der Waals surface area (Å²) >= 11 is 1.93. The van der Waals surface area contributed by atoms with Gasteiger partial charge in [0.25, 0.3) is 0 Å². The molecule has 3 heterocycles. The Morgan fingerprint density at radius 3 is 3.11 bits per heavy atom. The van der Waals surface area contributed by atoms with E-state index in [4.69, 9.17) is 14.7 Å². The van der Waals surface area contributed by atoms with E-state index in [-0.39, 0.29) is 0 Å². The van der Waals surface area contributed by atoms with Gasteiger partial charge in [0, 0.05) is 36.6 Å². The molecule has 3 rings (SSSR count). The number of rotatable bonds is 5. The van der Waals surface area contributed by atoms with Gasteiger partial charge in [-0.1, -0.05) is 6.92 Å². The average Bonchev–Trinajstić information content (AvgIpc) is 3.06. The van der Waals surface area contributed by atoms with Crippen molar-refractivity contribution in [3.05, 3.63) is 17.1 Å². The lowest BCUT2D eigenvalue weighted by atomic mass is 10.1. The minimum Gasteiger partial charge on any atom is -0.378 e. The minimum absolute atomic E-state index is 0.325. The quantitative estimate of drug-likeness (QED) is 0.898. The summed E-state index contributed by atoms with van der Waals surface area (Å²) in [6.07, 6.45) is 4.62. The van der Waals surface area contributed by atoms with Crippen molar-refractivity contribution >= 4 is 17.6 Å². The van der Waals surface area contributed by atoms with Crippen LogP contribution in [0.5, 0.6) is 0 Å². The number of hydrogen-bond donors (Lipinski definition) is 1. The zero-order valence-corrected chi connectivity index (χ0v) is 12.3. The number of anilines is 1. The van der Waals surface area contributed by atoms with Gasteiger partial charge in [-0.3, -0.25) is 0 Å². The minimum atomic E-state index is 0.325. The molecule has 4 nitrogen and oxygen atoms in total. The fourth-order valence-electron chi connectivity index (χ4n) is 2.59. The number of fused-ring (bicyclic) bond motifs is 1. The molecule has 0 bridgehead atoms. The Kier molecular flexibility index (Phi) is 4.23. The zero-order chi connectivity index (χ0) is 13.1. The van der Waals surface area contributed by atoms with E-state index in [9.17, 15) is 0 Å². The second kappa shape index (κ2) is 6.09. The lowest BCUT2D eigenvalue weighted by Crippen LogP contribution is -2.15. The van der Waals surface area contributed by atoms with Crippen LogP contribution in [0.2, 0.25) is 0 Å². The fourth-order valence-corrected chi connectivity index (χ4v) is 3.63. The molecule has 1 unspecified atom stereocenters. The lowest BCUT2D eigenvalue weighted by molar-refractivity contribution is 0.110. The molecule has 5 heteroatoms. The first kappa shape index (κ1) is 13.2. The number of thioether (sulfide) groups is 1. The van der Waals surface area contributed by atoms with Gasteiger partial charge in [-0.25, -0.2) is 9.97 Å². The predicted octanol–water partition coefficient (Wildman–Crippen LogP) is 2.77. The van der Waals surface area contributed by atoms with E-state index in [1.54, 1.807) is 0 Å². The van der Waals surface area contributed by atoms with Gasteiger partial charge in [-0.2, -0.15) is 11.8 Å². The molecule has 0 aromatic carbocycles. The standard InChI is InChI=1S/C14H21N3OS/c1-2-5-15-14-11-8-19-9-12(11)16-13(17-14)7-10-4-3-6-18-10/h10H,2-9H2,1H3,(H,15,16,17). The van der Waals surface area contributed by atoms with Crippen molar-refractivity contribution in [2.45, 2.75) is 50.2 Å². The van der Waals surface area contributed by atoms with Crippen molar-refractivity contribution in [3.8, 4) is 0 Å². The van der Waals surface area contributed by atoms with Crippen LogP contribution in [0.3, 0.4) is 0 Å². The highest BCUT2D eigenvalue weighted by Crippen LogP contribution is 2.33. The van der Waals surface area contributed by atoms with Crippen LogP contribution in [0, 0.1) is 0 Å². The maximum Gasteiger partial charge on any atom is 0.134 e. The molecule has 1 aromatic rings. The van der Waals surface area contributed by atoms with E-state index in [1.807, 2.05) is 11.8 Å². The van der Waals surface area contributed by atoms with Crippen LogP contribution in [0.1, 0.15) is 43.3 Å². The Bertz CT molecular complexity index is 447. The number of nitrogens with zero attached hydrogens (tertiary/aromatic N) is 2. The first-order chi connectivity index (χ1) is 9.36. The van der Waals surface area contributed by atoms with Crippen molar-refractivity contribution in [1.29, 1.82) is 0 Å². The van der Waals surface area contributed by atoms with Gasteiger partial charge < -0.3 is 10.1 Å². The van der Waals surface area contributed by atoms with Gasteiger partial charge >= 0.3 is 0 Å². The zero-order valence-electron chi connectivity index (χ0n) is 11.4. The van der Waals surface area contributed by atoms with E-state index in [0.29, 0.717) is 6.10 Å². The summed E-state index contributed by atoms with van der Waals surface area (Å²) in [5, 5.41) is 3.45. The SMILES string of the molecule is CCCNc1nc(CC2CCCO2)nc2c1CSC2. The van der Waals surface area contributed by atoms with E-state index >= 15 is 0 Å². The van der Waals surface area contributed by atoms with Crippen LogP contribution < -0.4 is 5.32 Å². The first-order valence-corrected chi connectivity index (χ1v) is 8.34. The average molecular weight is 279 g/mol. The normalized spacial score (nSPS) is 21.6. The Morgan fingerprint density at radius 1 is 1.37 bits per heavy atom. The fraction of sp³-hybridized carbons (Fsp3) is 0.714. The van der Waals surface area contributed by atoms with E-state index in [2.05, 4.69) is 12.2 Å². The molecule has 19 heavy (non-hydrogen) atoms. The first-order valence-electron chi connectivity index (χ1n) is 7.18. The molecule has 0 aliphatic carbocycles. The van der Waals surface area contributed by atoms with Gasteiger partial charge in [-0.15, -0.1) is 0 Å². The van der Waals surface area contributed by atoms with Crippen LogP contribution in [-0.2, 0) is 22.7 Å². The molecule has 1 saturated heterocycles. The molecule has 0 amide bonds. The molecule has 1 N–H and O–H groups in total. The van der Waals surface area contributed by atoms with Gasteiger partial charge in [0.2, 0.25) is 0 Å². The maximum atomic E-state index is 5.69. The highest BCUT2D eigenvalue weighted by molar-refractivity contribution is 7.98. The summed E-state index contributed by atoms with van der Waals surface area (Å²) in [7, 11) is 0. The lowest BCUT2D eigenvalue weighted by Gasteiger charge is -2.13. The summed E-state index contributed by atoms with van der Waals surface area (Å²) < 4.78 is 5.69. The highest BCUT2D eigenvalue weighted by Gasteiger charge is 2.22. The molecule has 1 aromatic heterocycles. The van der Waals surface area contributed by atoms with Crippen LogP contribution in [-0.4, -0.2) is 29.2 Å². The van der Waals surface area contributed by atoms with Crippen LogP contribution >= 0.6 is 11.8 Å². The van der Waals surface area contributed by atoms with Gasteiger partial charge in [0.05, 0.1) is 11.8 Å². The maximum absolute atomic E-state index is 5.69. The summed E-state index contributed by atoms with van der Waals surface area (Å²) in [5.74, 6) is 4.08. The number of aromatic nitrogens is 2. The Morgan fingerprint density at radius 2 is 2.32 bits per heavy atom. The molecule has 0 saturated carbocycles. The second-order valence-corrected chi connectivity index (χ2v) is 6.16. The monoisotopic (exact) mass is 279 g/mol. The van der Waals surface area contributed by atoms with Crippen LogP contribution in [0.4, 0.5) is 5.82 Å². The molecule has 0 radical (unpaired) electrons. The molecule has 104 valence electrons. The molecular weight excluding hydrogens is 258 g/mol. The van der Waals surface area contributed by atoms with Crippen molar-refractivity contribution in [1.82, 2.24) is 9.97 Å². The van der Waals surface area contributed by atoms with Gasteiger partial charge in [0.1, 0.15) is 11.6 Å². The number of hydrogen-bond acceptors (Lipinski definition) is 5.